The molecule has 2 fully saturated rings. The topological polar surface area (TPSA) is 57.7 Å². The predicted molar refractivity (Wildman–Crippen MR) is 92.5 cm³/mol. The number of piperidine rings is 1. The highest BCUT2D eigenvalue weighted by atomic mass is 32.2. The summed E-state index contributed by atoms with van der Waals surface area (Å²) in [5, 5.41) is -0.00976. The maximum Gasteiger partial charge on any atom is 0.245 e. The molecular weight excluding hydrogens is 312 g/mol. The Kier molecular flexibility index (Phi) is 6.23. The zero-order valence-corrected chi connectivity index (χ0v) is 15.6. The van der Waals surface area contributed by atoms with Gasteiger partial charge in [-0.3, -0.25) is 13.8 Å². The van der Waals surface area contributed by atoms with Gasteiger partial charge in [0.2, 0.25) is 11.8 Å². The first-order valence-corrected chi connectivity index (χ1v) is 10.2. The molecule has 132 valence electrons. The van der Waals surface area contributed by atoms with E-state index < -0.39 is 10.8 Å². The SMILES string of the molecule is CC(C)CC(C(=O)N1CCS(=O)C(C)C1C)N1CCCCC1=O. The van der Waals surface area contributed by atoms with E-state index in [1.54, 1.807) is 4.90 Å². The number of rotatable bonds is 4. The molecule has 5 nitrogen and oxygen atoms in total. The number of nitrogens with zero attached hydrogens (tertiary/aromatic N) is 2. The minimum absolute atomic E-state index is 0.00976. The Morgan fingerprint density at radius 2 is 1.96 bits per heavy atom. The lowest BCUT2D eigenvalue weighted by atomic mass is 9.97. The highest BCUT2D eigenvalue weighted by molar-refractivity contribution is 7.85. The highest BCUT2D eigenvalue weighted by Gasteiger charge is 2.39. The van der Waals surface area contributed by atoms with Gasteiger partial charge in [0.05, 0.1) is 5.25 Å². The Morgan fingerprint density at radius 3 is 2.57 bits per heavy atom. The van der Waals surface area contributed by atoms with Crippen LogP contribution in [0.3, 0.4) is 0 Å². The molecule has 2 heterocycles. The van der Waals surface area contributed by atoms with Crippen molar-refractivity contribution in [3.63, 3.8) is 0 Å². The zero-order chi connectivity index (χ0) is 17.1. The molecule has 4 unspecified atom stereocenters. The van der Waals surface area contributed by atoms with Crippen molar-refractivity contribution in [2.45, 2.75) is 70.7 Å². The maximum atomic E-state index is 13.2. The summed E-state index contributed by atoms with van der Waals surface area (Å²) in [5.74, 6) is 1.05. The van der Waals surface area contributed by atoms with Gasteiger partial charge in [-0.15, -0.1) is 0 Å². The first-order valence-electron chi connectivity index (χ1n) is 8.80. The van der Waals surface area contributed by atoms with Gasteiger partial charge < -0.3 is 9.80 Å². The molecule has 2 aliphatic rings. The maximum absolute atomic E-state index is 13.2. The van der Waals surface area contributed by atoms with E-state index in [1.165, 1.54) is 0 Å². The van der Waals surface area contributed by atoms with Crippen LogP contribution in [0.5, 0.6) is 0 Å². The minimum Gasteiger partial charge on any atom is -0.336 e. The average molecular weight is 343 g/mol. The van der Waals surface area contributed by atoms with Crippen LogP contribution in [0, 0.1) is 5.92 Å². The number of hydrogen-bond acceptors (Lipinski definition) is 3. The van der Waals surface area contributed by atoms with Crippen molar-refractivity contribution >= 4 is 22.6 Å². The lowest BCUT2D eigenvalue weighted by Crippen LogP contribution is -2.59. The number of likely N-dealkylation sites (tertiary alicyclic amines) is 1. The first kappa shape index (κ1) is 18.4. The molecule has 0 aromatic heterocycles. The number of amides is 2. The molecule has 23 heavy (non-hydrogen) atoms. The molecular formula is C17H30N2O3S. The molecule has 0 aromatic rings. The van der Waals surface area contributed by atoms with E-state index in [9.17, 15) is 13.8 Å². The summed E-state index contributed by atoms with van der Waals surface area (Å²) in [7, 11) is -0.862. The van der Waals surface area contributed by atoms with Gasteiger partial charge >= 0.3 is 0 Å². The van der Waals surface area contributed by atoms with Crippen molar-refractivity contribution in [3.05, 3.63) is 0 Å². The third-order valence-electron chi connectivity index (χ3n) is 5.12. The Balaban J connectivity index is 2.19. The van der Waals surface area contributed by atoms with Crippen molar-refractivity contribution in [2.75, 3.05) is 18.8 Å². The van der Waals surface area contributed by atoms with E-state index in [0.29, 0.717) is 37.6 Å². The van der Waals surface area contributed by atoms with Crippen LogP contribution >= 0.6 is 0 Å². The summed E-state index contributed by atoms with van der Waals surface area (Å²) < 4.78 is 12.0. The smallest absolute Gasteiger partial charge is 0.245 e. The Hall–Kier alpha value is -0.910. The van der Waals surface area contributed by atoms with E-state index >= 15 is 0 Å². The van der Waals surface area contributed by atoms with Gasteiger partial charge in [0.25, 0.3) is 0 Å². The minimum atomic E-state index is -0.862. The number of carbonyl (C=O) groups excluding carboxylic acids is 2. The molecule has 2 rings (SSSR count). The average Bonchev–Trinajstić information content (AvgIpc) is 2.50. The van der Waals surface area contributed by atoms with Gasteiger partial charge in [-0.2, -0.15) is 0 Å². The third-order valence-corrected chi connectivity index (χ3v) is 6.93. The van der Waals surface area contributed by atoms with E-state index in [2.05, 4.69) is 13.8 Å². The molecule has 0 N–H and O–H groups in total. The van der Waals surface area contributed by atoms with Crippen molar-refractivity contribution in [1.29, 1.82) is 0 Å². The fraction of sp³-hybridized carbons (Fsp3) is 0.882. The van der Waals surface area contributed by atoms with Crippen LogP contribution in [0.1, 0.15) is 53.4 Å². The monoisotopic (exact) mass is 342 g/mol. The van der Waals surface area contributed by atoms with Crippen LogP contribution in [0.2, 0.25) is 0 Å². The summed E-state index contributed by atoms with van der Waals surface area (Å²) in [4.78, 5) is 29.1. The van der Waals surface area contributed by atoms with Crippen LogP contribution in [0.4, 0.5) is 0 Å². The molecule has 6 heteroatoms. The Bertz CT molecular complexity index is 480. The molecule has 0 spiro atoms. The molecule has 0 aliphatic carbocycles. The molecule has 4 atom stereocenters. The predicted octanol–water partition coefficient (Wildman–Crippen LogP) is 1.78. The van der Waals surface area contributed by atoms with E-state index in [0.717, 1.165) is 12.8 Å². The second-order valence-electron chi connectivity index (χ2n) is 7.25. The molecule has 0 aromatic carbocycles. The van der Waals surface area contributed by atoms with Crippen molar-refractivity contribution < 1.29 is 13.8 Å². The first-order chi connectivity index (χ1) is 10.8. The van der Waals surface area contributed by atoms with E-state index in [1.807, 2.05) is 18.7 Å². The number of hydrogen-bond donors (Lipinski definition) is 0. The summed E-state index contributed by atoms with van der Waals surface area (Å²) in [5.41, 5.74) is 0. The van der Waals surface area contributed by atoms with Gasteiger partial charge in [0.1, 0.15) is 6.04 Å². The normalized spacial score (nSPS) is 30.7. The van der Waals surface area contributed by atoms with Crippen molar-refractivity contribution in [1.82, 2.24) is 9.80 Å². The summed E-state index contributed by atoms with van der Waals surface area (Å²) in [6.07, 6.45) is 3.15. The van der Waals surface area contributed by atoms with Gasteiger partial charge in [0, 0.05) is 42.1 Å². The molecule has 0 radical (unpaired) electrons. The fourth-order valence-electron chi connectivity index (χ4n) is 3.52. The van der Waals surface area contributed by atoms with Gasteiger partial charge in [-0.1, -0.05) is 13.8 Å². The molecule has 0 saturated carbocycles. The standard InChI is InChI=1S/C17H30N2O3S/c1-12(2)11-15(19-8-6-5-7-16(19)20)17(21)18-9-10-23(22)14(4)13(18)3/h12-15H,5-11H2,1-4H3. The summed E-state index contributed by atoms with van der Waals surface area (Å²) in [6, 6.07) is -0.393. The second kappa shape index (κ2) is 7.77. The molecule has 2 amide bonds. The quantitative estimate of drug-likeness (QED) is 0.782. The third kappa shape index (κ3) is 4.14. The lowest BCUT2D eigenvalue weighted by molar-refractivity contribution is -0.149. The van der Waals surface area contributed by atoms with Gasteiger partial charge in [-0.25, -0.2) is 0 Å². The van der Waals surface area contributed by atoms with Crippen LogP contribution in [0.15, 0.2) is 0 Å². The number of carbonyl (C=O) groups is 2. The molecule has 0 bridgehead atoms. The van der Waals surface area contributed by atoms with Gasteiger partial charge in [-0.05, 0) is 39.0 Å². The molecule has 2 aliphatic heterocycles. The fourth-order valence-corrected chi connectivity index (χ4v) is 4.85. The highest BCUT2D eigenvalue weighted by Crippen LogP contribution is 2.24. The van der Waals surface area contributed by atoms with Gasteiger partial charge in [0.15, 0.2) is 0 Å². The van der Waals surface area contributed by atoms with E-state index in [-0.39, 0.29) is 29.1 Å². The second-order valence-corrected chi connectivity index (χ2v) is 9.17. The van der Waals surface area contributed by atoms with Crippen LogP contribution in [-0.4, -0.2) is 62.0 Å². The summed E-state index contributed by atoms with van der Waals surface area (Å²) in [6.45, 7) is 9.32. The lowest BCUT2D eigenvalue weighted by Gasteiger charge is -2.42. The van der Waals surface area contributed by atoms with Crippen molar-refractivity contribution in [3.8, 4) is 0 Å². The zero-order valence-electron chi connectivity index (χ0n) is 14.8. The molecule has 2 saturated heterocycles. The van der Waals surface area contributed by atoms with Crippen LogP contribution in [0.25, 0.3) is 0 Å². The Labute approximate surface area is 142 Å². The summed E-state index contributed by atoms with van der Waals surface area (Å²) >= 11 is 0. The van der Waals surface area contributed by atoms with E-state index in [4.69, 9.17) is 0 Å². The largest absolute Gasteiger partial charge is 0.336 e. The van der Waals surface area contributed by atoms with Crippen molar-refractivity contribution in [2.24, 2.45) is 5.92 Å². The van der Waals surface area contributed by atoms with Crippen LogP contribution < -0.4 is 0 Å². The van der Waals surface area contributed by atoms with Crippen LogP contribution in [-0.2, 0) is 20.4 Å². The Morgan fingerprint density at radius 1 is 1.26 bits per heavy atom.